The van der Waals surface area contributed by atoms with Crippen molar-refractivity contribution in [3.8, 4) is 0 Å². The van der Waals surface area contributed by atoms with Gasteiger partial charge in [0.05, 0.1) is 6.61 Å². The van der Waals surface area contributed by atoms with Crippen LogP contribution in [0, 0.1) is 0 Å². The first-order chi connectivity index (χ1) is 7.77. The summed E-state index contributed by atoms with van der Waals surface area (Å²) < 4.78 is 18.9. The molecule has 0 spiro atoms. The molecule has 1 aromatic carbocycles. The van der Waals surface area contributed by atoms with E-state index in [0.717, 1.165) is 22.7 Å². The Bertz CT molecular complexity index is 425. The average Bonchev–Trinajstić information content (AvgIpc) is 2.74. The number of hydrogen-bond acceptors (Lipinski definition) is 2. The Morgan fingerprint density at radius 3 is 3.25 bits per heavy atom. The van der Waals surface area contributed by atoms with Gasteiger partial charge < -0.3 is 10.1 Å². The summed E-state index contributed by atoms with van der Waals surface area (Å²) in [7, 11) is 0. The molecule has 1 aromatic rings. The molecule has 0 amide bonds. The van der Waals surface area contributed by atoms with Gasteiger partial charge in [0, 0.05) is 24.0 Å². The third-order valence-corrected chi connectivity index (χ3v) is 4.02. The van der Waals surface area contributed by atoms with Crippen LogP contribution in [0.2, 0.25) is 5.02 Å². The minimum atomic E-state index is -0.669. The predicted octanol–water partition coefficient (Wildman–Crippen LogP) is 2.27. The maximum absolute atomic E-state index is 13.2. The van der Waals surface area contributed by atoms with Crippen molar-refractivity contribution in [2.75, 3.05) is 19.8 Å². The molecule has 2 nitrogen and oxygen atoms in total. The molecule has 16 heavy (non-hydrogen) atoms. The van der Waals surface area contributed by atoms with Crippen LogP contribution in [0.15, 0.2) is 18.2 Å². The van der Waals surface area contributed by atoms with Crippen LogP contribution in [0.3, 0.4) is 0 Å². The molecule has 0 bridgehead atoms. The van der Waals surface area contributed by atoms with E-state index in [9.17, 15) is 4.39 Å². The Morgan fingerprint density at radius 1 is 1.56 bits per heavy atom. The molecule has 0 aliphatic carbocycles. The molecular weight excluding hydrogens is 229 g/mol. The van der Waals surface area contributed by atoms with Crippen LogP contribution < -0.4 is 5.32 Å². The Morgan fingerprint density at radius 2 is 2.44 bits per heavy atom. The van der Waals surface area contributed by atoms with Crippen molar-refractivity contribution in [3.05, 3.63) is 34.3 Å². The van der Waals surface area contributed by atoms with E-state index in [1.807, 2.05) is 18.2 Å². The number of rotatable bonds is 1. The first-order valence-electron chi connectivity index (χ1n) is 5.45. The van der Waals surface area contributed by atoms with E-state index < -0.39 is 12.3 Å². The van der Waals surface area contributed by atoms with E-state index in [4.69, 9.17) is 16.3 Å². The van der Waals surface area contributed by atoms with Crippen molar-refractivity contribution >= 4 is 11.6 Å². The van der Waals surface area contributed by atoms with Crippen molar-refractivity contribution in [1.82, 2.24) is 5.32 Å². The maximum atomic E-state index is 13.2. The highest BCUT2D eigenvalue weighted by Crippen LogP contribution is 2.43. The molecule has 2 aliphatic heterocycles. The zero-order valence-corrected chi connectivity index (χ0v) is 9.56. The van der Waals surface area contributed by atoms with Crippen molar-refractivity contribution in [2.45, 2.75) is 18.1 Å². The van der Waals surface area contributed by atoms with Gasteiger partial charge in [-0.05, 0) is 17.2 Å². The SMILES string of the molecule is FCC12CNCC1c1cccc(Cl)c1CO2. The summed E-state index contributed by atoms with van der Waals surface area (Å²) in [6.45, 7) is 1.31. The lowest BCUT2D eigenvalue weighted by molar-refractivity contribution is -0.0789. The number of fused-ring (bicyclic) bond motifs is 3. The molecule has 2 heterocycles. The Hall–Kier alpha value is -0.640. The highest BCUT2D eigenvalue weighted by atomic mass is 35.5. The third kappa shape index (κ3) is 1.32. The fourth-order valence-electron chi connectivity index (χ4n) is 2.73. The number of ether oxygens (including phenoxy) is 1. The minimum absolute atomic E-state index is 0.0833. The number of nitrogens with one attached hydrogen (secondary N) is 1. The molecule has 2 unspecified atom stereocenters. The molecule has 1 N–H and O–H groups in total. The summed E-state index contributed by atoms with van der Waals surface area (Å²) >= 11 is 6.13. The van der Waals surface area contributed by atoms with Crippen molar-refractivity contribution in [3.63, 3.8) is 0 Å². The lowest BCUT2D eigenvalue weighted by Crippen LogP contribution is -2.45. The number of benzene rings is 1. The second kappa shape index (κ2) is 3.69. The van der Waals surface area contributed by atoms with Crippen molar-refractivity contribution in [1.29, 1.82) is 0 Å². The monoisotopic (exact) mass is 241 g/mol. The largest absolute Gasteiger partial charge is 0.365 e. The fraction of sp³-hybridized carbons (Fsp3) is 0.500. The topological polar surface area (TPSA) is 21.3 Å². The van der Waals surface area contributed by atoms with Gasteiger partial charge >= 0.3 is 0 Å². The Kier molecular flexibility index (Phi) is 2.42. The van der Waals surface area contributed by atoms with Crippen LogP contribution in [-0.2, 0) is 11.3 Å². The van der Waals surface area contributed by atoms with E-state index in [-0.39, 0.29) is 5.92 Å². The number of hydrogen-bond donors (Lipinski definition) is 1. The number of alkyl halides is 1. The molecule has 2 atom stereocenters. The van der Waals surface area contributed by atoms with Crippen molar-refractivity contribution in [2.24, 2.45) is 0 Å². The lowest BCUT2D eigenvalue weighted by Gasteiger charge is -2.38. The van der Waals surface area contributed by atoms with Crippen molar-refractivity contribution < 1.29 is 9.13 Å². The highest BCUT2D eigenvalue weighted by molar-refractivity contribution is 6.31. The summed E-state index contributed by atoms with van der Waals surface area (Å²) in [5.41, 5.74) is 1.49. The van der Waals surface area contributed by atoms with E-state index in [0.29, 0.717) is 13.2 Å². The molecule has 3 rings (SSSR count). The zero-order valence-electron chi connectivity index (χ0n) is 8.80. The van der Waals surface area contributed by atoms with Crippen LogP contribution in [0.4, 0.5) is 4.39 Å². The van der Waals surface area contributed by atoms with Gasteiger partial charge in [-0.15, -0.1) is 0 Å². The lowest BCUT2D eigenvalue weighted by atomic mass is 9.81. The summed E-state index contributed by atoms with van der Waals surface area (Å²) in [4.78, 5) is 0. The van der Waals surface area contributed by atoms with Gasteiger partial charge in [0.2, 0.25) is 0 Å². The predicted molar refractivity (Wildman–Crippen MR) is 60.6 cm³/mol. The molecule has 0 radical (unpaired) electrons. The fourth-order valence-corrected chi connectivity index (χ4v) is 2.97. The first kappa shape index (κ1) is 10.5. The standard InChI is InChI=1S/C12H13ClFNO/c13-11-3-1-2-8-9(11)5-16-12(6-14)7-15-4-10(8)12/h1-3,10,15H,4-7H2. The molecule has 1 fully saturated rings. The summed E-state index contributed by atoms with van der Waals surface area (Å²) in [5.74, 6) is 0.0833. The van der Waals surface area contributed by atoms with Crippen LogP contribution in [-0.4, -0.2) is 25.4 Å². The molecule has 0 aromatic heterocycles. The first-order valence-corrected chi connectivity index (χ1v) is 5.82. The summed E-state index contributed by atoms with van der Waals surface area (Å²) in [6, 6.07) is 5.81. The van der Waals surface area contributed by atoms with Gasteiger partial charge in [0.25, 0.3) is 0 Å². The second-order valence-electron chi connectivity index (χ2n) is 4.48. The van der Waals surface area contributed by atoms with Crippen LogP contribution >= 0.6 is 11.6 Å². The third-order valence-electron chi connectivity index (χ3n) is 3.67. The zero-order chi connectivity index (χ0) is 11.2. The molecule has 86 valence electrons. The quantitative estimate of drug-likeness (QED) is 0.815. The minimum Gasteiger partial charge on any atom is -0.365 e. The smallest absolute Gasteiger partial charge is 0.120 e. The van der Waals surface area contributed by atoms with E-state index in [2.05, 4.69) is 5.32 Å². The normalized spacial score (nSPS) is 32.2. The second-order valence-corrected chi connectivity index (χ2v) is 4.89. The molecule has 1 saturated heterocycles. The molecule has 0 saturated carbocycles. The Balaban J connectivity index is 2.10. The highest BCUT2D eigenvalue weighted by Gasteiger charge is 2.48. The summed E-state index contributed by atoms with van der Waals surface area (Å²) in [5, 5.41) is 3.93. The molecule has 4 heteroatoms. The van der Waals surface area contributed by atoms with E-state index in [1.165, 1.54) is 0 Å². The molecular formula is C12H13ClFNO. The van der Waals surface area contributed by atoms with Gasteiger partial charge in [-0.3, -0.25) is 0 Å². The summed E-state index contributed by atoms with van der Waals surface area (Å²) in [6.07, 6.45) is 0. The van der Waals surface area contributed by atoms with Gasteiger partial charge in [-0.1, -0.05) is 23.7 Å². The molecule has 2 aliphatic rings. The van der Waals surface area contributed by atoms with E-state index >= 15 is 0 Å². The van der Waals surface area contributed by atoms with Crippen LogP contribution in [0.5, 0.6) is 0 Å². The Labute approximate surface area is 98.7 Å². The van der Waals surface area contributed by atoms with Gasteiger partial charge in [-0.25, -0.2) is 4.39 Å². The number of halogens is 2. The van der Waals surface area contributed by atoms with E-state index in [1.54, 1.807) is 0 Å². The average molecular weight is 242 g/mol. The van der Waals surface area contributed by atoms with Crippen LogP contribution in [0.25, 0.3) is 0 Å². The van der Waals surface area contributed by atoms with Gasteiger partial charge in [0.15, 0.2) is 0 Å². The van der Waals surface area contributed by atoms with Gasteiger partial charge in [0.1, 0.15) is 12.3 Å². The maximum Gasteiger partial charge on any atom is 0.120 e. The van der Waals surface area contributed by atoms with Crippen LogP contribution in [0.1, 0.15) is 17.0 Å². The van der Waals surface area contributed by atoms with Gasteiger partial charge in [-0.2, -0.15) is 0 Å².